The molecular formula is C24H48Fe4N24O8+2. The Balaban J connectivity index is -0.0000000369. The molecule has 0 aromatic heterocycles. The van der Waals surface area contributed by atoms with Crippen LogP contribution >= 0.6 is 0 Å². The van der Waals surface area contributed by atoms with Crippen molar-refractivity contribution in [1.29, 1.82) is 10.5 Å². The molecule has 0 atom stereocenters. The van der Waals surface area contributed by atoms with Gasteiger partial charge < -0.3 is 127 Å². The summed E-state index contributed by atoms with van der Waals surface area (Å²) in [6.07, 6.45) is 0. The van der Waals surface area contributed by atoms with Crippen LogP contribution in [0.3, 0.4) is 0 Å². The Labute approximate surface area is 390 Å². The number of nitrogens with zero attached hydrogens (tertiary/aromatic N) is 24. The standard InChI is InChI=1S/2C10H21N2O4.2C2H3N.4Fe.6N3/c2*13-7-3-11(4-8-14)1-2-12(5-9-15)6-10-16;2*1-2-3;;;;;6*1-3-2/h2*13H,1-10H2;2*1H3;;;;;;;;;;/q2*-3;;;2*+3;2*+4;6*-1. The summed E-state index contributed by atoms with van der Waals surface area (Å²) in [6, 6.07) is 3.50. The van der Waals surface area contributed by atoms with Gasteiger partial charge in [-0.2, -0.15) is 10.5 Å². The molecule has 0 heterocycles. The second-order valence-electron chi connectivity index (χ2n) is 8.02. The van der Waals surface area contributed by atoms with Crippen molar-refractivity contribution in [3.05, 3.63) is 95.8 Å². The molecule has 0 unspecified atom stereocenters. The minimum atomic E-state index is -0.221. The summed E-state index contributed by atoms with van der Waals surface area (Å²) in [5.41, 5.74) is 81.0. The SMILES string of the molecule is CC#N.CC#N.[Fe+3].[Fe+3].[Fe+4].[Fe+4].[N-]=[N+]=[N-].[N-]=[N+]=[N-].[N-]=[N+]=[N-].[N-]=[N+]=[N-].[N-]=[N+]=[N-].[N-]=[N+]=[N-].[O-]CCN(CC[O-])CCN(CC[O-])CCO.[O-]CCN(CC[O-])CCN(CC[O-])CCO. The molecule has 0 bridgehead atoms. The zero-order valence-corrected chi connectivity index (χ0v) is 37.1. The van der Waals surface area contributed by atoms with Gasteiger partial charge in [0.1, 0.15) is 0 Å². The minimum Gasteiger partial charge on any atom is -0.854 e. The number of aliphatic hydroxyl groups excluding tert-OH is 2. The van der Waals surface area contributed by atoms with Crippen LogP contribution in [0.5, 0.6) is 0 Å². The summed E-state index contributed by atoms with van der Waals surface area (Å²) < 4.78 is 0. The van der Waals surface area contributed by atoms with Crippen LogP contribution in [-0.4, -0.2) is 161 Å². The van der Waals surface area contributed by atoms with E-state index in [-0.39, 0.29) is 121 Å². The monoisotopic (exact) mass is 1020 g/mol. The first kappa shape index (κ1) is 96.3. The molecule has 0 amide bonds. The van der Waals surface area contributed by atoms with Crippen molar-refractivity contribution in [3.63, 3.8) is 0 Å². The molecule has 0 saturated carbocycles. The largest absolute Gasteiger partial charge is 4.00 e. The second kappa shape index (κ2) is 124. The first-order chi connectivity index (χ1) is 26.9. The van der Waals surface area contributed by atoms with E-state index in [4.69, 9.17) is 87.1 Å². The summed E-state index contributed by atoms with van der Waals surface area (Å²) in [5.74, 6) is 0. The van der Waals surface area contributed by atoms with E-state index in [9.17, 15) is 30.6 Å². The molecule has 0 spiro atoms. The third kappa shape index (κ3) is 168. The van der Waals surface area contributed by atoms with Gasteiger partial charge in [0.25, 0.3) is 0 Å². The maximum atomic E-state index is 10.5. The molecule has 0 aliphatic carbocycles. The Hall–Kier alpha value is -3.56. The van der Waals surface area contributed by atoms with Crippen LogP contribution in [0, 0.1) is 22.7 Å². The third-order valence-electron chi connectivity index (χ3n) is 4.74. The number of nitriles is 2. The number of hydrogen-bond acceptors (Lipinski definition) is 14. The molecule has 0 fully saturated rings. The topological polar surface area (TPSA) is 592 Å². The van der Waals surface area contributed by atoms with Gasteiger partial charge in [-0.3, -0.25) is 29.5 Å². The number of rotatable bonds is 22. The van der Waals surface area contributed by atoms with E-state index in [0.717, 1.165) is 0 Å². The van der Waals surface area contributed by atoms with E-state index < -0.39 is 0 Å². The van der Waals surface area contributed by atoms with E-state index >= 15 is 0 Å². The Kier molecular flexibility index (Phi) is 199. The molecule has 0 saturated heterocycles. The van der Waals surface area contributed by atoms with Crippen LogP contribution in [-0.2, 0) is 68.3 Å². The maximum absolute atomic E-state index is 10.5. The predicted octanol–water partition coefficient (Wildman–Crippen LogP) is -2.43. The minimum absolute atomic E-state index is 0. The molecule has 32 nitrogen and oxygen atoms in total. The van der Waals surface area contributed by atoms with Gasteiger partial charge in [-0.1, -0.05) is 0 Å². The molecular weight excluding hydrogens is 976 g/mol. The summed E-state index contributed by atoms with van der Waals surface area (Å²) in [4.78, 5) is 16.3. The zero-order valence-electron chi connectivity index (χ0n) is 32.6. The molecule has 60 heavy (non-hydrogen) atoms. The first-order valence-electron chi connectivity index (χ1n) is 15.0. The van der Waals surface area contributed by atoms with Crippen molar-refractivity contribution in [2.24, 2.45) is 0 Å². The number of aliphatic hydroxyl groups is 2. The van der Waals surface area contributed by atoms with Crippen molar-refractivity contribution >= 4 is 0 Å². The van der Waals surface area contributed by atoms with E-state index in [1.807, 2.05) is 9.80 Å². The van der Waals surface area contributed by atoms with E-state index in [1.54, 1.807) is 21.9 Å². The predicted molar refractivity (Wildman–Crippen MR) is 192 cm³/mol. The van der Waals surface area contributed by atoms with Gasteiger partial charge in [0.2, 0.25) is 0 Å². The van der Waals surface area contributed by atoms with Gasteiger partial charge in [0, 0.05) is 53.1 Å². The smallest absolute Gasteiger partial charge is 0.854 e. The molecule has 2 N–H and O–H groups in total. The Morgan fingerprint density at radius 2 is 0.467 bits per heavy atom. The number of hydrogen-bond donors (Lipinski definition) is 2. The average molecular weight is 1020 g/mol. The zero-order chi connectivity index (χ0) is 46.1. The van der Waals surface area contributed by atoms with Gasteiger partial charge in [-0.25, -0.2) is 0 Å². The molecule has 0 rings (SSSR count). The van der Waals surface area contributed by atoms with E-state index in [0.29, 0.717) is 78.5 Å². The normalized spacial score (nSPS) is 7.27. The van der Waals surface area contributed by atoms with Gasteiger partial charge in [-0.05, 0) is 39.3 Å². The summed E-state index contributed by atoms with van der Waals surface area (Å²) in [6.45, 7) is 7.21. The Morgan fingerprint density at radius 1 is 0.367 bits per heavy atom. The summed E-state index contributed by atoms with van der Waals surface area (Å²) in [7, 11) is 0. The van der Waals surface area contributed by atoms with Gasteiger partial charge >= 0.3 is 68.3 Å². The molecule has 0 aliphatic rings. The summed E-state index contributed by atoms with van der Waals surface area (Å²) in [5, 5.41) is 95.0. The van der Waals surface area contributed by atoms with Crippen molar-refractivity contribution in [2.75, 3.05) is 131 Å². The second-order valence-corrected chi connectivity index (χ2v) is 8.02. The Morgan fingerprint density at radius 3 is 0.550 bits per heavy atom. The van der Waals surface area contributed by atoms with Crippen LogP contribution in [0.1, 0.15) is 13.8 Å². The molecule has 36 heteroatoms. The molecule has 342 valence electrons. The van der Waals surface area contributed by atoms with Crippen molar-refractivity contribution < 1.29 is 109 Å². The van der Waals surface area contributed by atoms with Gasteiger partial charge in [-0.15, -0.1) is 39.6 Å². The fraction of sp³-hybridized carbons (Fsp3) is 0.917. The van der Waals surface area contributed by atoms with Crippen molar-refractivity contribution in [3.8, 4) is 12.1 Å². The van der Waals surface area contributed by atoms with Crippen molar-refractivity contribution in [2.45, 2.75) is 13.8 Å². The van der Waals surface area contributed by atoms with Gasteiger partial charge in [0.05, 0.1) is 25.4 Å². The molecule has 2 radical (unpaired) electrons. The molecule has 0 aliphatic heterocycles. The first-order valence-corrected chi connectivity index (χ1v) is 15.0. The Bertz CT molecular complexity index is 842. The van der Waals surface area contributed by atoms with Crippen LogP contribution < -0.4 is 30.6 Å². The van der Waals surface area contributed by atoms with Crippen molar-refractivity contribution in [1.82, 2.24) is 19.6 Å². The van der Waals surface area contributed by atoms with Gasteiger partial charge in [0.15, 0.2) is 0 Å². The van der Waals surface area contributed by atoms with Crippen LogP contribution in [0.4, 0.5) is 0 Å². The average Bonchev–Trinajstić information content (AvgIpc) is 3.13. The van der Waals surface area contributed by atoms with E-state index in [2.05, 4.69) is 0 Å². The third-order valence-corrected chi connectivity index (χ3v) is 4.74. The summed E-state index contributed by atoms with van der Waals surface area (Å²) >= 11 is 0. The fourth-order valence-electron chi connectivity index (χ4n) is 2.96. The molecule has 0 aromatic carbocycles. The van der Waals surface area contributed by atoms with Crippen LogP contribution in [0.15, 0.2) is 0 Å². The van der Waals surface area contributed by atoms with Crippen LogP contribution in [0.2, 0.25) is 0 Å². The molecule has 0 aromatic rings. The quantitative estimate of drug-likeness (QED) is 0.0493. The van der Waals surface area contributed by atoms with Crippen LogP contribution in [0.25, 0.3) is 95.8 Å². The maximum Gasteiger partial charge on any atom is 4.00 e. The van der Waals surface area contributed by atoms with E-state index in [1.165, 1.54) is 43.3 Å². The fourth-order valence-corrected chi connectivity index (χ4v) is 2.96.